The van der Waals surface area contributed by atoms with Crippen LogP contribution >= 0.6 is 23.1 Å². The van der Waals surface area contributed by atoms with E-state index in [2.05, 4.69) is 20.8 Å². The van der Waals surface area contributed by atoms with Crippen molar-refractivity contribution in [3.8, 4) is 0 Å². The molecule has 7 nitrogen and oxygen atoms in total. The van der Waals surface area contributed by atoms with Gasteiger partial charge < -0.3 is 10.6 Å². The van der Waals surface area contributed by atoms with Gasteiger partial charge in [0.1, 0.15) is 6.54 Å². The second-order valence-corrected chi connectivity index (χ2v) is 7.72. The van der Waals surface area contributed by atoms with Crippen LogP contribution in [0.3, 0.4) is 0 Å². The maximum Gasteiger partial charge on any atom is 0.244 e. The van der Waals surface area contributed by atoms with E-state index in [0.29, 0.717) is 5.69 Å². The average molecular weight is 363 g/mol. The molecule has 0 saturated heterocycles. The summed E-state index contributed by atoms with van der Waals surface area (Å²) in [5.41, 5.74) is 1.38. The van der Waals surface area contributed by atoms with Crippen LogP contribution in [0.5, 0.6) is 0 Å². The third-order valence-corrected chi connectivity index (χ3v) is 5.45. The topological polar surface area (TPSA) is 87.2 Å². The summed E-state index contributed by atoms with van der Waals surface area (Å²) in [6.45, 7) is 4.60. The first-order valence-corrected chi connectivity index (χ1v) is 9.22. The molecular weight excluding hydrogens is 346 g/mol. The van der Waals surface area contributed by atoms with E-state index in [0.717, 1.165) is 21.7 Å². The van der Waals surface area contributed by atoms with Crippen LogP contribution in [0.4, 0.5) is 16.5 Å². The van der Waals surface area contributed by atoms with Crippen molar-refractivity contribution < 1.29 is 9.59 Å². The molecule has 1 atom stereocenters. The van der Waals surface area contributed by atoms with Crippen LogP contribution < -0.4 is 15.5 Å². The van der Waals surface area contributed by atoms with Crippen molar-refractivity contribution >= 4 is 51.4 Å². The number of rotatable bonds is 5. The lowest BCUT2D eigenvalue weighted by Crippen LogP contribution is -2.45. The highest BCUT2D eigenvalue weighted by molar-refractivity contribution is 8.02. The number of carbonyl (C=O) groups excluding carboxylic acids is 2. The molecule has 0 fully saturated rings. The molecule has 2 aromatic rings. The highest BCUT2D eigenvalue weighted by Crippen LogP contribution is 2.33. The van der Waals surface area contributed by atoms with Gasteiger partial charge in [0.2, 0.25) is 16.9 Å². The minimum absolute atomic E-state index is 0.0273. The molecule has 0 bridgehead atoms. The average Bonchev–Trinajstić information content (AvgIpc) is 3.00. The Morgan fingerprint density at radius 2 is 2.25 bits per heavy atom. The molecule has 2 N–H and O–H groups in total. The number of fused-ring (bicyclic) bond motifs is 1. The van der Waals surface area contributed by atoms with Crippen LogP contribution in [-0.4, -0.2) is 40.4 Å². The highest BCUT2D eigenvalue weighted by Gasteiger charge is 2.30. The van der Waals surface area contributed by atoms with Crippen molar-refractivity contribution in [1.82, 2.24) is 10.2 Å². The van der Waals surface area contributed by atoms with Crippen LogP contribution in [0.2, 0.25) is 0 Å². The molecule has 2 amide bonds. The van der Waals surface area contributed by atoms with Crippen LogP contribution in [0.1, 0.15) is 13.8 Å². The van der Waals surface area contributed by atoms with E-state index in [9.17, 15) is 9.59 Å². The molecule has 3 rings (SSSR count). The number of hydrogen-bond donors (Lipinski definition) is 2. The predicted molar refractivity (Wildman–Crippen MR) is 96.8 cm³/mol. The molecule has 1 aliphatic rings. The summed E-state index contributed by atoms with van der Waals surface area (Å²) in [6, 6.07) is 7.30. The fourth-order valence-corrected chi connectivity index (χ4v) is 4.36. The number of para-hydroxylation sites is 2. The molecule has 0 saturated carbocycles. The zero-order valence-corrected chi connectivity index (χ0v) is 14.9. The summed E-state index contributed by atoms with van der Waals surface area (Å²) in [7, 11) is 0. The quantitative estimate of drug-likeness (QED) is 0.794. The summed E-state index contributed by atoms with van der Waals surface area (Å²) in [5, 5.41) is 14.4. The summed E-state index contributed by atoms with van der Waals surface area (Å²) in [5.74, 6) is -0.313. The summed E-state index contributed by atoms with van der Waals surface area (Å²) in [4.78, 5) is 26.2. The fraction of sp³-hybridized carbons (Fsp3) is 0.333. The number of hydrogen-bond acceptors (Lipinski definition) is 7. The zero-order chi connectivity index (χ0) is 17.1. The molecule has 9 heteroatoms. The first-order valence-electron chi connectivity index (χ1n) is 7.52. The van der Waals surface area contributed by atoms with E-state index in [1.807, 2.05) is 32.0 Å². The van der Waals surface area contributed by atoms with Crippen molar-refractivity contribution in [1.29, 1.82) is 0 Å². The van der Waals surface area contributed by atoms with Crippen LogP contribution in [-0.2, 0) is 9.59 Å². The standard InChI is InChI=1S/C15H17N5O2S2/c1-3-16-14-18-19-15(24-14)23-9(2)13(22)20-8-12(21)17-10-6-4-5-7-11(10)20/h4-7,9H,3,8H2,1-2H3,(H,16,18)(H,17,21)/t9-/m0/s1. The lowest BCUT2D eigenvalue weighted by molar-refractivity contribution is -0.121. The normalized spacial score (nSPS) is 14.8. The first kappa shape index (κ1) is 16.7. The molecule has 1 aromatic carbocycles. The second-order valence-electron chi connectivity index (χ2n) is 5.15. The van der Waals surface area contributed by atoms with Gasteiger partial charge in [-0.1, -0.05) is 35.2 Å². The molecule has 1 aromatic heterocycles. The molecule has 0 spiro atoms. The predicted octanol–water partition coefficient (Wildman–Crippen LogP) is 2.44. The van der Waals surface area contributed by atoms with Gasteiger partial charge in [0.15, 0.2) is 4.34 Å². The molecule has 0 unspecified atom stereocenters. The number of anilines is 3. The van der Waals surface area contributed by atoms with Gasteiger partial charge in [0.05, 0.1) is 16.6 Å². The van der Waals surface area contributed by atoms with Crippen LogP contribution in [0.25, 0.3) is 0 Å². The van der Waals surface area contributed by atoms with Gasteiger partial charge >= 0.3 is 0 Å². The molecule has 1 aliphatic heterocycles. The second kappa shape index (κ2) is 7.18. The van der Waals surface area contributed by atoms with Gasteiger partial charge in [0.25, 0.3) is 0 Å². The Morgan fingerprint density at radius 1 is 1.46 bits per heavy atom. The Labute approximate surface area is 147 Å². The molecule has 2 heterocycles. The van der Waals surface area contributed by atoms with Crippen molar-refractivity contribution in [3.63, 3.8) is 0 Å². The number of nitrogens with zero attached hydrogens (tertiary/aromatic N) is 3. The zero-order valence-electron chi connectivity index (χ0n) is 13.3. The first-order chi connectivity index (χ1) is 11.6. The van der Waals surface area contributed by atoms with Crippen molar-refractivity contribution in [2.45, 2.75) is 23.4 Å². The van der Waals surface area contributed by atoms with E-state index < -0.39 is 0 Å². The van der Waals surface area contributed by atoms with Gasteiger partial charge in [0, 0.05) is 6.54 Å². The molecular formula is C15H17N5O2S2. The van der Waals surface area contributed by atoms with Crippen molar-refractivity contribution in [2.75, 3.05) is 28.6 Å². The van der Waals surface area contributed by atoms with Crippen LogP contribution in [0, 0.1) is 0 Å². The van der Waals surface area contributed by atoms with E-state index in [1.165, 1.54) is 28.0 Å². The largest absolute Gasteiger partial charge is 0.360 e. The van der Waals surface area contributed by atoms with Gasteiger partial charge in [-0.15, -0.1) is 10.2 Å². The Bertz CT molecular complexity index is 764. The van der Waals surface area contributed by atoms with Gasteiger partial charge in [-0.25, -0.2) is 0 Å². The Kier molecular flexibility index (Phi) is 5.00. The molecule has 0 radical (unpaired) electrons. The van der Waals surface area contributed by atoms with E-state index in [-0.39, 0.29) is 23.6 Å². The minimum atomic E-state index is -0.369. The third-order valence-electron chi connectivity index (χ3n) is 3.40. The number of benzene rings is 1. The maximum absolute atomic E-state index is 12.8. The Hall–Kier alpha value is -2.13. The van der Waals surface area contributed by atoms with Crippen molar-refractivity contribution in [2.24, 2.45) is 0 Å². The number of thioether (sulfide) groups is 1. The maximum atomic E-state index is 12.8. The summed E-state index contributed by atoms with van der Waals surface area (Å²) in [6.07, 6.45) is 0. The van der Waals surface area contributed by atoms with E-state index >= 15 is 0 Å². The SMILES string of the molecule is CCNc1nnc(S[C@@H](C)C(=O)N2CC(=O)Nc3ccccc32)s1. The number of amides is 2. The summed E-state index contributed by atoms with van der Waals surface area (Å²) < 4.78 is 0.724. The number of aromatic nitrogens is 2. The van der Waals surface area contributed by atoms with Gasteiger partial charge in [-0.2, -0.15) is 0 Å². The van der Waals surface area contributed by atoms with E-state index in [1.54, 1.807) is 6.07 Å². The number of carbonyl (C=O) groups is 2. The summed E-state index contributed by atoms with van der Waals surface area (Å²) >= 11 is 2.77. The van der Waals surface area contributed by atoms with Gasteiger partial charge in [-0.3, -0.25) is 14.5 Å². The van der Waals surface area contributed by atoms with Crippen LogP contribution in [0.15, 0.2) is 28.6 Å². The number of nitrogens with one attached hydrogen (secondary N) is 2. The van der Waals surface area contributed by atoms with Gasteiger partial charge in [-0.05, 0) is 26.0 Å². The molecule has 126 valence electrons. The minimum Gasteiger partial charge on any atom is -0.360 e. The molecule has 24 heavy (non-hydrogen) atoms. The Morgan fingerprint density at radius 3 is 3.04 bits per heavy atom. The van der Waals surface area contributed by atoms with E-state index in [4.69, 9.17) is 0 Å². The fourth-order valence-electron chi connectivity index (χ4n) is 2.33. The Balaban J connectivity index is 1.74. The third kappa shape index (κ3) is 3.51. The monoisotopic (exact) mass is 363 g/mol. The lowest BCUT2D eigenvalue weighted by atomic mass is 10.2. The smallest absolute Gasteiger partial charge is 0.244 e. The van der Waals surface area contributed by atoms with Crippen molar-refractivity contribution in [3.05, 3.63) is 24.3 Å². The lowest BCUT2D eigenvalue weighted by Gasteiger charge is -2.30. The highest BCUT2D eigenvalue weighted by atomic mass is 32.2. The molecule has 0 aliphatic carbocycles.